The zero-order valence-corrected chi connectivity index (χ0v) is 32.6. The number of fused-ring (bicyclic) bond motifs is 1. The zero-order valence-electron chi connectivity index (χ0n) is 31.9. The van der Waals surface area contributed by atoms with Gasteiger partial charge < -0.3 is 24.4 Å². The number of methoxy groups -OCH3 is 3. The molecule has 7 rings (SSSR count). The van der Waals surface area contributed by atoms with Crippen LogP contribution in [-0.4, -0.2) is 99.3 Å². The average molecular weight is 769 g/mol. The summed E-state index contributed by atoms with van der Waals surface area (Å²) >= 11 is 7.23. The van der Waals surface area contributed by atoms with Crippen molar-refractivity contribution < 1.29 is 29.2 Å². The predicted octanol–water partition coefficient (Wildman–Crippen LogP) is 7.25. The highest BCUT2D eigenvalue weighted by Gasteiger charge is 2.27. The molecule has 1 saturated carbocycles. The molecule has 0 amide bonds. The lowest BCUT2D eigenvalue weighted by atomic mass is 9.83. The van der Waals surface area contributed by atoms with Gasteiger partial charge in [-0.25, -0.2) is 9.67 Å². The van der Waals surface area contributed by atoms with Crippen LogP contribution in [0.2, 0.25) is 5.02 Å². The average Bonchev–Trinajstić information content (AvgIpc) is 3.64. The minimum absolute atomic E-state index is 0.253. The fourth-order valence-corrected chi connectivity index (χ4v) is 8.50. The first-order valence-electron chi connectivity index (χ1n) is 18.9. The maximum atomic E-state index is 11.2. The van der Waals surface area contributed by atoms with Crippen LogP contribution < -0.4 is 14.2 Å². The van der Waals surface area contributed by atoms with Crippen molar-refractivity contribution in [3.63, 3.8) is 0 Å². The fourth-order valence-electron chi connectivity index (χ4n) is 8.18. The number of carboxylic acid groups (broad SMARTS) is 1. The van der Waals surface area contributed by atoms with E-state index in [9.17, 15) is 15.0 Å². The number of likely N-dealkylation sites (tertiary alicyclic amines) is 1. The Morgan fingerprint density at radius 2 is 1.60 bits per heavy atom. The Hall–Kier alpha value is -4.75. The number of aliphatic carboxylic acids is 1. The molecule has 2 fully saturated rings. The van der Waals surface area contributed by atoms with E-state index >= 15 is 0 Å². The van der Waals surface area contributed by atoms with Crippen molar-refractivity contribution >= 4 is 28.5 Å². The number of rotatable bonds is 13. The fraction of sp³-hybridized carbons (Fsp3) is 0.429. The monoisotopic (exact) mass is 768 g/mol. The van der Waals surface area contributed by atoms with Crippen LogP contribution in [-0.2, 0) is 17.9 Å². The number of carbonyl (C=O) groups is 1. The maximum Gasteiger partial charge on any atom is 0.303 e. The van der Waals surface area contributed by atoms with Crippen molar-refractivity contribution in [2.45, 2.75) is 70.2 Å². The molecular formula is C42H49ClN6O6. The van der Waals surface area contributed by atoms with Gasteiger partial charge in [0, 0.05) is 66.8 Å². The van der Waals surface area contributed by atoms with Crippen LogP contribution in [0.3, 0.4) is 0 Å². The Labute approximate surface area is 326 Å². The van der Waals surface area contributed by atoms with E-state index in [1.807, 2.05) is 54.7 Å². The third-order valence-corrected chi connectivity index (χ3v) is 11.6. The normalized spacial score (nSPS) is 18.2. The molecule has 0 bridgehead atoms. The number of hydrogen-bond acceptors (Lipinski definition) is 10. The van der Waals surface area contributed by atoms with Crippen LogP contribution in [0.15, 0.2) is 60.8 Å². The van der Waals surface area contributed by atoms with Crippen LogP contribution in [0, 0.1) is 5.92 Å². The van der Waals surface area contributed by atoms with E-state index in [0.717, 1.165) is 90.3 Å². The predicted molar refractivity (Wildman–Crippen MR) is 212 cm³/mol. The summed E-state index contributed by atoms with van der Waals surface area (Å²) in [7, 11) is 7.00. The Balaban J connectivity index is 1.14. The number of nitrogens with zero attached hydrogens (tertiary/aromatic N) is 6. The first-order chi connectivity index (χ1) is 26.7. The van der Waals surface area contributed by atoms with Crippen LogP contribution in [0.5, 0.6) is 17.5 Å². The molecule has 1 aliphatic carbocycles. The summed E-state index contributed by atoms with van der Waals surface area (Å²) in [6, 6.07) is 18.3. The van der Waals surface area contributed by atoms with E-state index < -0.39 is 5.97 Å². The third kappa shape index (κ3) is 8.28. The molecule has 290 valence electrons. The summed E-state index contributed by atoms with van der Waals surface area (Å²) in [5.41, 5.74) is 5.93. The number of piperidine rings is 1. The minimum Gasteiger partial charge on any atom is -0.496 e. The van der Waals surface area contributed by atoms with Crippen LogP contribution in [0.25, 0.3) is 39.1 Å². The molecule has 0 radical (unpaired) electrons. The largest absolute Gasteiger partial charge is 0.496 e. The Kier molecular flexibility index (Phi) is 11.9. The number of halogens is 1. The maximum absolute atomic E-state index is 11.2. The van der Waals surface area contributed by atoms with E-state index in [-0.39, 0.29) is 18.4 Å². The molecule has 4 heterocycles. The van der Waals surface area contributed by atoms with Gasteiger partial charge in [-0.1, -0.05) is 48.0 Å². The zero-order chi connectivity index (χ0) is 38.6. The number of aliphatic hydroxyl groups excluding tert-OH is 1. The molecule has 2 aromatic carbocycles. The van der Waals surface area contributed by atoms with E-state index in [2.05, 4.69) is 22.9 Å². The molecule has 0 unspecified atom stereocenters. The first-order valence-corrected chi connectivity index (χ1v) is 19.3. The molecule has 5 aromatic rings. The van der Waals surface area contributed by atoms with E-state index in [1.165, 1.54) is 0 Å². The molecule has 12 nitrogen and oxygen atoms in total. The lowest BCUT2D eigenvalue weighted by Gasteiger charge is -2.34. The van der Waals surface area contributed by atoms with Crippen molar-refractivity contribution in [1.82, 2.24) is 29.5 Å². The second-order valence-corrected chi connectivity index (χ2v) is 15.1. The second-order valence-electron chi connectivity index (χ2n) is 14.7. The number of ether oxygens (including phenoxy) is 3. The molecule has 3 aromatic heterocycles. The van der Waals surface area contributed by atoms with E-state index in [0.29, 0.717) is 53.2 Å². The third-order valence-electron chi connectivity index (χ3n) is 11.2. The molecule has 1 saturated heterocycles. The molecule has 0 atom stereocenters. The van der Waals surface area contributed by atoms with Crippen LogP contribution in [0.1, 0.15) is 56.1 Å². The van der Waals surface area contributed by atoms with Gasteiger partial charge in [0.25, 0.3) is 0 Å². The number of aliphatic hydroxyl groups is 1. The standard InChI is InChI=1S/C42H49ClN6O6/c1-47(28-14-11-26(12-15-28)21-39(51)52)24-27-13-16-35(45-41(27)54-3)32-9-5-8-31(40(32)43)30-7-6-10-36-33(30)23-44-49(36)38-22-37(53-2)34(42(46-38)55-4)25-48-19-17-29(50)18-20-48/h5-10,13,16,22-23,26,28-29,50H,11-12,14-15,17-21,24-25H2,1-4H3,(H,51,52). The van der Waals surface area contributed by atoms with Crippen LogP contribution in [0.4, 0.5) is 0 Å². The molecule has 1 aliphatic heterocycles. The number of hydrogen-bond donors (Lipinski definition) is 2. The first kappa shape index (κ1) is 38.5. The number of pyridine rings is 2. The van der Waals surface area contributed by atoms with E-state index in [4.69, 9.17) is 40.9 Å². The highest BCUT2D eigenvalue weighted by Crippen LogP contribution is 2.40. The molecule has 2 aliphatic rings. The molecule has 55 heavy (non-hydrogen) atoms. The van der Waals surface area contributed by atoms with Gasteiger partial charge in [-0.2, -0.15) is 10.1 Å². The van der Waals surface area contributed by atoms with E-state index in [1.54, 1.807) is 26.0 Å². The van der Waals surface area contributed by atoms with Gasteiger partial charge in [-0.3, -0.25) is 14.6 Å². The smallest absolute Gasteiger partial charge is 0.303 e. The van der Waals surface area contributed by atoms with Gasteiger partial charge in [0.05, 0.1) is 55.4 Å². The van der Waals surface area contributed by atoms with Gasteiger partial charge in [-0.05, 0) is 69.2 Å². The Morgan fingerprint density at radius 3 is 2.31 bits per heavy atom. The molecule has 0 spiro atoms. The van der Waals surface area contributed by atoms with Crippen molar-refractivity contribution in [2.75, 3.05) is 41.5 Å². The topological polar surface area (TPSA) is 135 Å². The van der Waals surface area contributed by atoms with Gasteiger partial charge in [-0.15, -0.1) is 0 Å². The van der Waals surface area contributed by atoms with Crippen molar-refractivity contribution in [2.24, 2.45) is 5.92 Å². The number of aromatic nitrogens is 4. The highest BCUT2D eigenvalue weighted by atomic mass is 35.5. The van der Waals surface area contributed by atoms with Crippen molar-refractivity contribution in [3.8, 4) is 45.7 Å². The molecule has 13 heteroatoms. The Morgan fingerprint density at radius 1 is 0.891 bits per heavy atom. The highest BCUT2D eigenvalue weighted by molar-refractivity contribution is 6.36. The Bertz CT molecular complexity index is 2120. The lowest BCUT2D eigenvalue weighted by Crippen LogP contribution is -2.35. The van der Waals surface area contributed by atoms with Gasteiger partial charge >= 0.3 is 5.97 Å². The number of benzene rings is 2. The van der Waals surface area contributed by atoms with Gasteiger partial charge in [0.1, 0.15) is 5.75 Å². The summed E-state index contributed by atoms with van der Waals surface area (Å²) in [6.07, 6.45) is 7.12. The molecular weight excluding hydrogens is 720 g/mol. The SMILES string of the molecule is COc1cc(-n2ncc3c(-c4cccc(-c5ccc(CN(C)C6CCC(CC(=O)O)CC6)c(OC)n5)c4Cl)cccc32)nc(OC)c1CN1CCC(O)CC1. The van der Waals surface area contributed by atoms with Gasteiger partial charge in [0.15, 0.2) is 5.82 Å². The van der Waals surface area contributed by atoms with Gasteiger partial charge in [0.2, 0.25) is 11.8 Å². The summed E-state index contributed by atoms with van der Waals surface area (Å²) in [5.74, 6) is 1.78. The van der Waals surface area contributed by atoms with Crippen molar-refractivity contribution in [3.05, 3.63) is 76.9 Å². The summed E-state index contributed by atoms with van der Waals surface area (Å²) in [5, 5.41) is 25.4. The minimum atomic E-state index is -0.712. The second kappa shape index (κ2) is 16.9. The molecule has 2 N–H and O–H groups in total. The summed E-state index contributed by atoms with van der Waals surface area (Å²) < 4.78 is 19.2. The summed E-state index contributed by atoms with van der Waals surface area (Å²) in [4.78, 5) is 25.6. The summed E-state index contributed by atoms with van der Waals surface area (Å²) in [6.45, 7) is 2.85. The van der Waals surface area contributed by atoms with Crippen molar-refractivity contribution in [1.29, 1.82) is 0 Å². The lowest BCUT2D eigenvalue weighted by molar-refractivity contribution is -0.138. The number of carboxylic acids is 1. The van der Waals surface area contributed by atoms with Crippen LogP contribution >= 0.6 is 11.6 Å². The quantitative estimate of drug-likeness (QED) is 0.125.